The molecule has 0 N–H and O–H groups in total. The first-order chi connectivity index (χ1) is 5.86. The summed E-state index contributed by atoms with van der Waals surface area (Å²) in [6.07, 6.45) is 3.92. The van der Waals surface area contributed by atoms with E-state index in [1.165, 1.54) is 11.3 Å². The maximum absolute atomic E-state index is 12.4. The highest BCUT2D eigenvalue weighted by Gasteiger charge is 2.02. The summed E-state index contributed by atoms with van der Waals surface area (Å²) < 4.78 is 12.4. The maximum Gasteiger partial charge on any atom is 0.188 e. The largest absolute Gasteiger partial charge is 0.241 e. The predicted molar refractivity (Wildman–Crippen MR) is 43.1 cm³/mol. The SMILES string of the molecule is Fc1cnc(-c2nccs2)nc1. The van der Waals surface area contributed by atoms with Crippen molar-refractivity contribution < 1.29 is 4.39 Å². The van der Waals surface area contributed by atoms with E-state index in [1.807, 2.05) is 5.38 Å². The molecule has 60 valence electrons. The van der Waals surface area contributed by atoms with Gasteiger partial charge in [0.1, 0.15) is 0 Å². The van der Waals surface area contributed by atoms with Crippen molar-refractivity contribution in [1.82, 2.24) is 15.0 Å². The summed E-state index contributed by atoms with van der Waals surface area (Å²) in [5.41, 5.74) is 0. The molecule has 3 nitrogen and oxygen atoms in total. The van der Waals surface area contributed by atoms with Crippen LogP contribution in [0.3, 0.4) is 0 Å². The Bertz CT molecular complexity index is 357. The second-order valence-corrected chi connectivity index (χ2v) is 2.96. The minimum Gasteiger partial charge on any atom is -0.241 e. The van der Waals surface area contributed by atoms with Crippen molar-refractivity contribution in [3.8, 4) is 10.8 Å². The zero-order valence-corrected chi connectivity index (χ0v) is 6.75. The lowest BCUT2D eigenvalue weighted by molar-refractivity contribution is 0.614. The molecule has 5 heteroatoms. The minimum atomic E-state index is -0.435. The first kappa shape index (κ1) is 7.30. The number of hydrogen-bond donors (Lipinski definition) is 0. The lowest BCUT2D eigenvalue weighted by Gasteiger charge is -1.91. The fourth-order valence-corrected chi connectivity index (χ4v) is 1.34. The summed E-state index contributed by atoms with van der Waals surface area (Å²) in [4.78, 5) is 11.6. The first-order valence-electron chi connectivity index (χ1n) is 3.23. The molecule has 0 aliphatic heterocycles. The first-order valence-corrected chi connectivity index (χ1v) is 4.11. The zero-order chi connectivity index (χ0) is 8.39. The molecule has 0 amide bonds. The van der Waals surface area contributed by atoms with Crippen LogP contribution in [0.2, 0.25) is 0 Å². The molecule has 0 unspecified atom stereocenters. The van der Waals surface area contributed by atoms with E-state index in [0.717, 1.165) is 12.4 Å². The molecule has 2 rings (SSSR count). The summed E-state index contributed by atoms with van der Waals surface area (Å²) in [6.45, 7) is 0. The van der Waals surface area contributed by atoms with Crippen LogP contribution in [0.1, 0.15) is 0 Å². The normalized spacial score (nSPS) is 10.1. The second-order valence-electron chi connectivity index (χ2n) is 2.06. The topological polar surface area (TPSA) is 38.7 Å². The molecule has 12 heavy (non-hydrogen) atoms. The lowest BCUT2D eigenvalue weighted by atomic mass is 10.5. The van der Waals surface area contributed by atoms with Crippen molar-refractivity contribution in [2.75, 3.05) is 0 Å². The van der Waals surface area contributed by atoms with Gasteiger partial charge in [0.2, 0.25) is 0 Å². The number of halogens is 1. The summed E-state index contributed by atoms with van der Waals surface area (Å²) in [5, 5.41) is 2.53. The van der Waals surface area contributed by atoms with Crippen molar-refractivity contribution in [3.63, 3.8) is 0 Å². The van der Waals surface area contributed by atoms with Crippen molar-refractivity contribution in [1.29, 1.82) is 0 Å². The average molecular weight is 181 g/mol. The van der Waals surface area contributed by atoms with Crippen LogP contribution in [0.5, 0.6) is 0 Å². The quantitative estimate of drug-likeness (QED) is 0.672. The van der Waals surface area contributed by atoms with Gasteiger partial charge in [-0.2, -0.15) is 0 Å². The van der Waals surface area contributed by atoms with E-state index >= 15 is 0 Å². The lowest BCUT2D eigenvalue weighted by Crippen LogP contribution is -1.88. The number of rotatable bonds is 1. The third-order valence-corrected chi connectivity index (χ3v) is 2.01. The maximum atomic E-state index is 12.4. The van der Waals surface area contributed by atoms with Gasteiger partial charge in [-0.05, 0) is 0 Å². The molecule has 0 spiro atoms. The van der Waals surface area contributed by atoms with E-state index in [9.17, 15) is 4.39 Å². The monoisotopic (exact) mass is 181 g/mol. The third-order valence-electron chi connectivity index (χ3n) is 1.24. The van der Waals surface area contributed by atoms with E-state index in [4.69, 9.17) is 0 Å². The minimum absolute atomic E-state index is 0.435. The fraction of sp³-hybridized carbons (Fsp3) is 0. The molecule has 0 aromatic carbocycles. The summed E-state index contributed by atoms with van der Waals surface area (Å²) in [6, 6.07) is 0. The van der Waals surface area contributed by atoms with Gasteiger partial charge in [-0.3, -0.25) is 0 Å². The van der Waals surface area contributed by atoms with Crippen LogP contribution in [-0.4, -0.2) is 15.0 Å². The molecular formula is C7H4FN3S. The zero-order valence-electron chi connectivity index (χ0n) is 5.94. The van der Waals surface area contributed by atoms with Gasteiger partial charge >= 0.3 is 0 Å². The van der Waals surface area contributed by atoms with Crippen LogP contribution in [0.4, 0.5) is 4.39 Å². The Hall–Kier alpha value is -1.36. The second kappa shape index (κ2) is 2.94. The number of aromatic nitrogens is 3. The Morgan fingerprint density at radius 2 is 1.92 bits per heavy atom. The van der Waals surface area contributed by atoms with Crippen LogP contribution in [0.15, 0.2) is 24.0 Å². The van der Waals surface area contributed by atoms with Crippen molar-refractivity contribution >= 4 is 11.3 Å². The molecule has 0 aliphatic carbocycles. The molecule has 0 bridgehead atoms. The van der Waals surface area contributed by atoms with E-state index in [2.05, 4.69) is 15.0 Å². The van der Waals surface area contributed by atoms with E-state index in [1.54, 1.807) is 6.20 Å². The van der Waals surface area contributed by atoms with Crippen molar-refractivity contribution in [3.05, 3.63) is 29.8 Å². The van der Waals surface area contributed by atoms with E-state index in [0.29, 0.717) is 10.8 Å². The van der Waals surface area contributed by atoms with Crippen molar-refractivity contribution in [2.24, 2.45) is 0 Å². The molecule has 0 aliphatic rings. The van der Waals surface area contributed by atoms with Crippen LogP contribution in [0.25, 0.3) is 10.8 Å². The molecule has 2 heterocycles. The molecule has 0 saturated carbocycles. The molecule has 0 atom stereocenters. The number of nitrogens with zero attached hydrogens (tertiary/aromatic N) is 3. The van der Waals surface area contributed by atoms with Crippen LogP contribution >= 0.6 is 11.3 Å². The third kappa shape index (κ3) is 1.31. The summed E-state index contributed by atoms with van der Waals surface area (Å²) >= 11 is 1.42. The smallest absolute Gasteiger partial charge is 0.188 e. The Labute approximate surface area is 72.0 Å². The standard InChI is InChI=1S/C7H4FN3S/c8-5-3-10-6(11-4-5)7-9-1-2-12-7/h1-4H. The molecule has 2 aromatic heterocycles. The van der Waals surface area contributed by atoms with Gasteiger partial charge in [-0.1, -0.05) is 0 Å². The fourth-order valence-electron chi connectivity index (χ4n) is 0.757. The molecule has 0 saturated heterocycles. The predicted octanol–water partition coefficient (Wildman–Crippen LogP) is 1.74. The van der Waals surface area contributed by atoms with Crippen LogP contribution < -0.4 is 0 Å². The highest BCUT2D eigenvalue weighted by Crippen LogP contribution is 2.15. The van der Waals surface area contributed by atoms with Gasteiger partial charge in [0, 0.05) is 11.6 Å². The van der Waals surface area contributed by atoms with Crippen molar-refractivity contribution in [2.45, 2.75) is 0 Å². The molecule has 2 aromatic rings. The highest BCUT2D eigenvalue weighted by molar-refractivity contribution is 7.12. The average Bonchev–Trinajstić information content (AvgIpc) is 2.58. The number of thiazole rings is 1. The number of hydrogen-bond acceptors (Lipinski definition) is 4. The molecular weight excluding hydrogens is 177 g/mol. The Morgan fingerprint density at radius 3 is 2.50 bits per heavy atom. The van der Waals surface area contributed by atoms with Gasteiger partial charge in [0.05, 0.1) is 12.4 Å². The Morgan fingerprint density at radius 1 is 1.17 bits per heavy atom. The van der Waals surface area contributed by atoms with E-state index in [-0.39, 0.29) is 0 Å². The van der Waals surface area contributed by atoms with Gasteiger partial charge < -0.3 is 0 Å². The van der Waals surface area contributed by atoms with Gasteiger partial charge in [-0.15, -0.1) is 11.3 Å². The molecule has 0 radical (unpaired) electrons. The van der Waals surface area contributed by atoms with Crippen LogP contribution in [-0.2, 0) is 0 Å². The molecule has 0 fully saturated rings. The van der Waals surface area contributed by atoms with Gasteiger partial charge in [0.15, 0.2) is 16.6 Å². The Kier molecular flexibility index (Phi) is 1.79. The highest BCUT2D eigenvalue weighted by atomic mass is 32.1. The van der Waals surface area contributed by atoms with Crippen LogP contribution in [0, 0.1) is 5.82 Å². The summed E-state index contributed by atoms with van der Waals surface area (Å²) in [5.74, 6) is 0.0294. The Balaban J connectivity index is 2.43. The van der Waals surface area contributed by atoms with Gasteiger partial charge in [0.25, 0.3) is 0 Å². The summed E-state index contributed by atoms with van der Waals surface area (Å²) in [7, 11) is 0. The van der Waals surface area contributed by atoms with E-state index < -0.39 is 5.82 Å². The van der Waals surface area contributed by atoms with Gasteiger partial charge in [-0.25, -0.2) is 19.3 Å².